The number of benzene rings is 2. The number of phenols is 2. The maximum atomic E-state index is 10.4. The molecule has 0 saturated carbocycles. The van der Waals surface area contributed by atoms with Gasteiger partial charge in [0.2, 0.25) is 0 Å². The highest BCUT2D eigenvalue weighted by Gasteiger charge is 2.10. The normalized spacial score (nSPS) is 9.85. The van der Waals surface area contributed by atoms with Crippen molar-refractivity contribution in [2.45, 2.75) is 51.4 Å². The molecule has 39 heavy (non-hydrogen) atoms. The van der Waals surface area contributed by atoms with E-state index in [0.717, 1.165) is 37.1 Å². The predicted octanol–water partition coefficient (Wildman–Crippen LogP) is 2.65. The Morgan fingerprint density at radius 1 is 0.615 bits per heavy atom. The van der Waals surface area contributed by atoms with E-state index in [1.807, 2.05) is 0 Å². The fourth-order valence-corrected chi connectivity index (χ4v) is 3.49. The molecule has 0 saturated heterocycles. The minimum absolute atomic E-state index is 0. The molecule has 216 valence electrons. The van der Waals surface area contributed by atoms with Crippen LogP contribution < -0.4 is 21.3 Å². The number of guanidine groups is 2. The Hall–Kier alpha value is -4.52. The molecule has 2 rings (SSSR count). The summed E-state index contributed by atoms with van der Waals surface area (Å²) in [4.78, 5) is 24.0. The van der Waals surface area contributed by atoms with E-state index in [1.54, 1.807) is 34.1 Å². The van der Waals surface area contributed by atoms with E-state index < -0.39 is 11.9 Å². The molecule has 13 nitrogen and oxygen atoms in total. The number of hydrogen-bond acceptors (Lipinski definition) is 6. The smallest absolute Gasteiger partial charge is 0.303 e. The van der Waals surface area contributed by atoms with E-state index in [0.29, 0.717) is 25.9 Å². The fraction of sp³-hybridized carbons (Fsp3) is 0.385. The molecule has 0 radical (unpaired) electrons. The van der Waals surface area contributed by atoms with Crippen molar-refractivity contribution in [1.82, 2.24) is 0 Å². The Morgan fingerprint density at radius 2 is 0.923 bits per heavy atom. The Morgan fingerprint density at radius 3 is 1.18 bits per heavy atom. The summed E-state index contributed by atoms with van der Waals surface area (Å²) in [5.41, 5.74) is 12.5. The minimum Gasteiger partial charge on any atom is -0.508 e. The summed E-state index contributed by atoms with van der Waals surface area (Å²) in [6.45, 7) is 1.11. The van der Waals surface area contributed by atoms with Gasteiger partial charge < -0.3 is 47.2 Å². The van der Waals surface area contributed by atoms with Gasteiger partial charge in [-0.2, -0.15) is 0 Å². The second kappa shape index (κ2) is 18.7. The summed E-state index contributed by atoms with van der Waals surface area (Å²) in [7, 11) is 0. The lowest BCUT2D eigenvalue weighted by atomic mass is 10.2. The highest BCUT2D eigenvalue weighted by Crippen LogP contribution is 2.20. The standard InChI is InChI=1S/2C13H19N3O3.H2O/c2*14-13(15)16(9-3-1-2-4-12(18)19)10-5-7-11(17)8-6-10;/h2*5-8,17H,1-4,9H2,(H3,14,15)(H,18,19);1H2. The second-order valence-corrected chi connectivity index (χ2v) is 8.52. The number of hydrogen-bond donors (Lipinski definition) is 8. The SMILES string of the molecule is N=C(N)N(CCCCCC(=O)O)c1ccc(O)cc1.N=C(N)N(CCCCCC(=O)O)c1ccc(O)cc1.O. The van der Waals surface area contributed by atoms with Crippen LogP contribution in [0.25, 0.3) is 0 Å². The summed E-state index contributed by atoms with van der Waals surface area (Å²) in [5, 5.41) is 50.6. The number of aliphatic carboxylic acids is 2. The van der Waals surface area contributed by atoms with Gasteiger partial charge in [-0.25, -0.2) is 0 Å². The van der Waals surface area contributed by atoms with Gasteiger partial charge >= 0.3 is 11.9 Å². The van der Waals surface area contributed by atoms with Crippen LogP contribution in [0.15, 0.2) is 48.5 Å². The zero-order valence-electron chi connectivity index (χ0n) is 21.8. The summed E-state index contributed by atoms with van der Waals surface area (Å²) in [6, 6.07) is 12.9. The second-order valence-electron chi connectivity index (χ2n) is 8.52. The van der Waals surface area contributed by atoms with Gasteiger partial charge in [-0.1, -0.05) is 12.8 Å². The van der Waals surface area contributed by atoms with Crippen molar-refractivity contribution in [2.75, 3.05) is 22.9 Å². The molecule has 0 spiro atoms. The van der Waals surface area contributed by atoms with Crippen molar-refractivity contribution in [3.63, 3.8) is 0 Å². The van der Waals surface area contributed by atoms with Gasteiger partial charge in [0.05, 0.1) is 0 Å². The number of carbonyl (C=O) groups is 2. The maximum Gasteiger partial charge on any atom is 0.303 e. The summed E-state index contributed by atoms with van der Waals surface area (Å²) < 4.78 is 0. The predicted molar refractivity (Wildman–Crippen MR) is 151 cm³/mol. The van der Waals surface area contributed by atoms with E-state index in [4.69, 9.17) is 32.5 Å². The van der Waals surface area contributed by atoms with Crippen LogP contribution in [-0.4, -0.2) is 62.8 Å². The van der Waals surface area contributed by atoms with Crippen molar-refractivity contribution in [2.24, 2.45) is 11.5 Å². The first-order valence-corrected chi connectivity index (χ1v) is 12.3. The number of anilines is 2. The first kappa shape index (κ1) is 34.5. The van der Waals surface area contributed by atoms with E-state index in [1.165, 1.54) is 24.3 Å². The summed E-state index contributed by atoms with van der Waals surface area (Å²) in [6.07, 6.45) is 4.63. The Bertz CT molecular complexity index is 949. The van der Waals surface area contributed by atoms with Crippen LogP contribution in [0.1, 0.15) is 51.4 Å². The first-order chi connectivity index (χ1) is 18.0. The Labute approximate surface area is 227 Å². The topological polar surface area (TPSA) is 253 Å². The minimum atomic E-state index is -0.790. The largest absolute Gasteiger partial charge is 0.508 e. The number of aromatic hydroxyl groups is 2. The van der Waals surface area contributed by atoms with Gasteiger partial charge in [-0.3, -0.25) is 20.4 Å². The van der Waals surface area contributed by atoms with Gasteiger partial charge in [-0.05, 0) is 74.2 Å². The van der Waals surface area contributed by atoms with Gasteiger partial charge in [-0.15, -0.1) is 0 Å². The Kier molecular flexibility index (Phi) is 16.5. The monoisotopic (exact) mass is 548 g/mol. The summed E-state index contributed by atoms with van der Waals surface area (Å²) in [5.74, 6) is -1.39. The molecular weight excluding hydrogens is 508 g/mol. The lowest BCUT2D eigenvalue weighted by molar-refractivity contribution is -0.138. The molecule has 12 N–H and O–H groups in total. The molecule has 0 aliphatic carbocycles. The quantitative estimate of drug-likeness (QED) is 0.0972. The van der Waals surface area contributed by atoms with Crippen LogP contribution in [-0.2, 0) is 9.59 Å². The van der Waals surface area contributed by atoms with Crippen LogP contribution in [0.2, 0.25) is 0 Å². The molecule has 0 unspecified atom stereocenters. The lowest BCUT2D eigenvalue weighted by Crippen LogP contribution is -2.37. The molecule has 0 amide bonds. The average molecular weight is 549 g/mol. The van der Waals surface area contributed by atoms with Crippen LogP contribution in [0.5, 0.6) is 11.5 Å². The van der Waals surface area contributed by atoms with E-state index >= 15 is 0 Å². The van der Waals surface area contributed by atoms with Gasteiger partial charge in [0, 0.05) is 37.3 Å². The van der Waals surface area contributed by atoms with E-state index in [2.05, 4.69) is 0 Å². The molecule has 0 atom stereocenters. The van der Waals surface area contributed by atoms with Crippen molar-refractivity contribution < 1.29 is 35.5 Å². The van der Waals surface area contributed by atoms with Gasteiger partial charge in [0.1, 0.15) is 11.5 Å². The average Bonchev–Trinajstić information content (AvgIpc) is 2.85. The number of nitrogens with zero attached hydrogens (tertiary/aromatic N) is 2. The molecule has 0 aromatic heterocycles. The molecule has 0 aliphatic heterocycles. The van der Waals surface area contributed by atoms with Crippen molar-refractivity contribution in [3.05, 3.63) is 48.5 Å². The van der Waals surface area contributed by atoms with Crippen LogP contribution in [0.4, 0.5) is 11.4 Å². The molecule has 0 aliphatic rings. The van der Waals surface area contributed by atoms with E-state index in [-0.39, 0.29) is 41.7 Å². The highest BCUT2D eigenvalue weighted by atomic mass is 16.4. The third kappa shape index (κ3) is 14.7. The third-order valence-electron chi connectivity index (χ3n) is 5.45. The van der Waals surface area contributed by atoms with Crippen LogP contribution in [0.3, 0.4) is 0 Å². The van der Waals surface area contributed by atoms with Crippen LogP contribution in [0, 0.1) is 10.8 Å². The number of carboxylic acid groups (broad SMARTS) is 2. The summed E-state index contributed by atoms with van der Waals surface area (Å²) >= 11 is 0. The molecular formula is C26H40N6O7. The van der Waals surface area contributed by atoms with Gasteiger partial charge in [0.25, 0.3) is 0 Å². The van der Waals surface area contributed by atoms with Crippen molar-refractivity contribution >= 4 is 35.2 Å². The van der Waals surface area contributed by atoms with Gasteiger partial charge in [0.15, 0.2) is 11.9 Å². The highest BCUT2D eigenvalue weighted by molar-refractivity contribution is 5.93. The number of phenolic OH excluding ortho intramolecular Hbond substituents is 2. The molecule has 13 heteroatoms. The molecule has 2 aromatic carbocycles. The third-order valence-corrected chi connectivity index (χ3v) is 5.45. The zero-order chi connectivity index (χ0) is 28.5. The molecule has 2 aromatic rings. The number of unbranched alkanes of at least 4 members (excludes halogenated alkanes) is 4. The molecule has 0 bridgehead atoms. The fourth-order valence-electron chi connectivity index (χ4n) is 3.49. The van der Waals surface area contributed by atoms with E-state index in [9.17, 15) is 19.8 Å². The maximum absolute atomic E-state index is 10.4. The zero-order valence-corrected chi connectivity index (χ0v) is 21.8. The Balaban J connectivity index is 0.000000722. The molecule has 0 heterocycles. The van der Waals surface area contributed by atoms with Crippen molar-refractivity contribution in [1.29, 1.82) is 10.8 Å². The van der Waals surface area contributed by atoms with Crippen LogP contribution >= 0.6 is 0 Å². The lowest BCUT2D eigenvalue weighted by Gasteiger charge is -2.22. The van der Waals surface area contributed by atoms with Crippen molar-refractivity contribution in [3.8, 4) is 11.5 Å². The number of nitrogens with one attached hydrogen (secondary N) is 2. The molecule has 0 fully saturated rings. The first-order valence-electron chi connectivity index (χ1n) is 12.3. The number of rotatable bonds is 14. The number of nitrogens with two attached hydrogens (primary N) is 2. The number of carboxylic acids is 2.